The first kappa shape index (κ1) is 16.1. The van der Waals surface area contributed by atoms with E-state index in [4.69, 9.17) is 4.98 Å². The second-order valence-electron chi connectivity index (χ2n) is 6.78. The SMILES string of the molecule is Cc1cc(CNc2nccc(N3CCCC3)n2)nc(N2CCCC2)n1. The Kier molecular flexibility index (Phi) is 4.63. The van der Waals surface area contributed by atoms with E-state index in [2.05, 4.69) is 30.1 Å². The molecule has 0 bridgehead atoms. The summed E-state index contributed by atoms with van der Waals surface area (Å²) in [4.78, 5) is 22.9. The van der Waals surface area contributed by atoms with Gasteiger partial charge in [-0.25, -0.2) is 15.0 Å². The van der Waals surface area contributed by atoms with Crippen LogP contribution >= 0.6 is 0 Å². The van der Waals surface area contributed by atoms with Gasteiger partial charge in [-0.15, -0.1) is 0 Å². The van der Waals surface area contributed by atoms with E-state index < -0.39 is 0 Å². The smallest absolute Gasteiger partial charge is 0.225 e. The maximum Gasteiger partial charge on any atom is 0.225 e. The molecule has 4 heterocycles. The first-order chi connectivity index (χ1) is 12.3. The van der Waals surface area contributed by atoms with Gasteiger partial charge in [-0.3, -0.25) is 0 Å². The first-order valence-corrected chi connectivity index (χ1v) is 9.19. The molecule has 2 saturated heterocycles. The Morgan fingerprint density at radius 1 is 0.960 bits per heavy atom. The first-order valence-electron chi connectivity index (χ1n) is 9.19. The molecular weight excluding hydrogens is 314 g/mol. The summed E-state index contributed by atoms with van der Waals surface area (Å²) in [6.07, 6.45) is 6.76. The lowest BCUT2D eigenvalue weighted by molar-refractivity contribution is 0.861. The molecule has 0 amide bonds. The van der Waals surface area contributed by atoms with E-state index in [1.54, 1.807) is 0 Å². The molecule has 2 aliphatic rings. The standard InChI is InChI=1S/C18H25N7/c1-14-12-15(22-18(21-14)25-10-4-5-11-25)13-20-17-19-7-6-16(23-17)24-8-2-3-9-24/h6-7,12H,2-5,8-11,13H2,1H3,(H,19,20,23). The predicted octanol–water partition coefficient (Wildman–Crippen LogP) is 2.39. The fraction of sp³-hybridized carbons (Fsp3) is 0.556. The minimum absolute atomic E-state index is 0.605. The molecule has 2 aromatic heterocycles. The molecule has 25 heavy (non-hydrogen) atoms. The van der Waals surface area contributed by atoms with Crippen molar-refractivity contribution >= 4 is 17.7 Å². The molecule has 0 atom stereocenters. The number of nitrogens with one attached hydrogen (secondary N) is 1. The Bertz CT molecular complexity index is 721. The van der Waals surface area contributed by atoms with E-state index in [1.807, 2.05) is 25.3 Å². The maximum atomic E-state index is 4.72. The number of hydrogen-bond donors (Lipinski definition) is 1. The third-order valence-electron chi connectivity index (χ3n) is 4.78. The van der Waals surface area contributed by atoms with Crippen LogP contribution in [0.2, 0.25) is 0 Å². The van der Waals surface area contributed by atoms with Crippen LogP contribution in [0, 0.1) is 6.92 Å². The second-order valence-corrected chi connectivity index (χ2v) is 6.78. The van der Waals surface area contributed by atoms with E-state index in [0.29, 0.717) is 12.5 Å². The van der Waals surface area contributed by atoms with Gasteiger partial charge in [-0.05, 0) is 44.7 Å². The molecule has 0 spiro atoms. The van der Waals surface area contributed by atoms with Crippen molar-refractivity contribution in [1.82, 2.24) is 19.9 Å². The molecule has 2 fully saturated rings. The van der Waals surface area contributed by atoms with E-state index in [1.165, 1.54) is 25.7 Å². The highest BCUT2D eigenvalue weighted by Gasteiger charge is 2.16. The number of nitrogens with zero attached hydrogens (tertiary/aromatic N) is 6. The van der Waals surface area contributed by atoms with E-state index in [0.717, 1.165) is 49.3 Å². The molecule has 0 aliphatic carbocycles. The van der Waals surface area contributed by atoms with Gasteiger partial charge in [0.25, 0.3) is 0 Å². The van der Waals surface area contributed by atoms with Crippen molar-refractivity contribution in [2.45, 2.75) is 39.2 Å². The number of rotatable bonds is 5. The molecule has 4 rings (SSSR count). The summed E-state index contributed by atoms with van der Waals surface area (Å²) >= 11 is 0. The van der Waals surface area contributed by atoms with Crippen molar-refractivity contribution in [3.05, 3.63) is 29.7 Å². The normalized spacial score (nSPS) is 17.3. The zero-order valence-corrected chi connectivity index (χ0v) is 14.8. The predicted molar refractivity (Wildman–Crippen MR) is 99.0 cm³/mol. The van der Waals surface area contributed by atoms with Crippen LogP contribution < -0.4 is 15.1 Å². The topological polar surface area (TPSA) is 70.1 Å². The Balaban J connectivity index is 1.45. The molecule has 2 aromatic rings. The summed E-state index contributed by atoms with van der Waals surface area (Å²) in [5.74, 6) is 2.51. The molecular formula is C18H25N7. The summed E-state index contributed by atoms with van der Waals surface area (Å²) < 4.78 is 0. The lowest BCUT2D eigenvalue weighted by atomic mass is 10.3. The van der Waals surface area contributed by atoms with Crippen LogP contribution in [0.4, 0.5) is 17.7 Å². The van der Waals surface area contributed by atoms with Gasteiger partial charge in [0, 0.05) is 38.1 Å². The summed E-state index contributed by atoms with van der Waals surface area (Å²) in [5.41, 5.74) is 1.98. The van der Waals surface area contributed by atoms with Crippen LogP contribution in [0.5, 0.6) is 0 Å². The van der Waals surface area contributed by atoms with Crippen LogP contribution in [0.25, 0.3) is 0 Å². The van der Waals surface area contributed by atoms with Crippen molar-refractivity contribution in [2.75, 3.05) is 41.3 Å². The molecule has 2 aliphatic heterocycles. The van der Waals surface area contributed by atoms with Gasteiger partial charge in [0.2, 0.25) is 11.9 Å². The molecule has 7 nitrogen and oxygen atoms in total. The molecule has 0 radical (unpaired) electrons. The Labute approximate surface area is 148 Å². The van der Waals surface area contributed by atoms with Crippen molar-refractivity contribution in [1.29, 1.82) is 0 Å². The van der Waals surface area contributed by atoms with Gasteiger partial charge in [0.1, 0.15) is 5.82 Å². The molecule has 0 aromatic carbocycles. The van der Waals surface area contributed by atoms with Gasteiger partial charge in [-0.2, -0.15) is 4.98 Å². The molecule has 7 heteroatoms. The van der Waals surface area contributed by atoms with E-state index in [9.17, 15) is 0 Å². The van der Waals surface area contributed by atoms with E-state index in [-0.39, 0.29) is 0 Å². The van der Waals surface area contributed by atoms with Gasteiger partial charge in [0.15, 0.2) is 0 Å². The maximum absolute atomic E-state index is 4.72. The van der Waals surface area contributed by atoms with Crippen LogP contribution in [-0.4, -0.2) is 46.1 Å². The number of hydrogen-bond acceptors (Lipinski definition) is 7. The van der Waals surface area contributed by atoms with Gasteiger partial charge < -0.3 is 15.1 Å². The highest BCUT2D eigenvalue weighted by molar-refractivity contribution is 5.43. The molecule has 0 unspecified atom stereocenters. The second kappa shape index (κ2) is 7.21. The summed E-state index contributed by atoms with van der Waals surface area (Å²) in [5, 5.41) is 3.31. The van der Waals surface area contributed by atoms with Crippen LogP contribution in [-0.2, 0) is 6.54 Å². The fourth-order valence-electron chi connectivity index (χ4n) is 3.49. The van der Waals surface area contributed by atoms with Crippen molar-refractivity contribution in [2.24, 2.45) is 0 Å². The Morgan fingerprint density at radius 2 is 1.68 bits per heavy atom. The Hall–Kier alpha value is -2.44. The monoisotopic (exact) mass is 339 g/mol. The lowest BCUT2D eigenvalue weighted by Crippen LogP contribution is -2.22. The van der Waals surface area contributed by atoms with Crippen molar-refractivity contribution < 1.29 is 0 Å². The van der Waals surface area contributed by atoms with Crippen LogP contribution in [0.3, 0.4) is 0 Å². The highest BCUT2D eigenvalue weighted by atomic mass is 15.3. The van der Waals surface area contributed by atoms with Gasteiger partial charge in [0.05, 0.1) is 12.2 Å². The van der Waals surface area contributed by atoms with Crippen LogP contribution in [0.1, 0.15) is 37.1 Å². The molecule has 132 valence electrons. The zero-order valence-electron chi connectivity index (χ0n) is 14.8. The highest BCUT2D eigenvalue weighted by Crippen LogP contribution is 2.19. The quantitative estimate of drug-likeness (QED) is 0.897. The zero-order chi connectivity index (χ0) is 17.1. The number of aryl methyl sites for hydroxylation is 1. The third kappa shape index (κ3) is 3.81. The average Bonchev–Trinajstić information content (AvgIpc) is 3.33. The minimum Gasteiger partial charge on any atom is -0.356 e. The number of aromatic nitrogens is 4. The minimum atomic E-state index is 0.605. The third-order valence-corrected chi connectivity index (χ3v) is 4.78. The van der Waals surface area contributed by atoms with Crippen molar-refractivity contribution in [3.8, 4) is 0 Å². The Morgan fingerprint density at radius 3 is 2.44 bits per heavy atom. The number of anilines is 3. The largest absolute Gasteiger partial charge is 0.356 e. The molecule has 0 saturated carbocycles. The van der Waals surface area contributed by atoms with Gasteiger partial charge in [-0.1, -0.05) is 0 Å². The lowest BCUT2D eigenvalue weighted by Gasteiger charge is -2.17. The summed E-state index contributed by atoms with van der Waals surface area (Å²) in [7, 11) is 0. The molecule has 1 N–H and O–H groups in total. The van der Waals surface area contributed by atoms with Gasteiger partial charge >= 0.3 is 0 Å². The fourth-order valence-corrected chi connectivity index (χ4v) is 3.49. The summed E-state index contributed by atoms with van der Waals surface area (Å²) in [6.45, 7) is 6.90. The average molecular weight is 339 g/mol. The van der Waals surface area contributed by atoms with Crippen molar-refractivity contribution in [3.63, 3.8) is 0 Å². The summed E-state index contributed by atoms with van der Waals surface area (Å²) in [6, 6.07) is 4.01. The van der Waals surface area contributed by atoms with E-state index >= 15 is 0 Å². The van der Waals surface area contributed by atoms with Crippen LogP contribution in [0.15, 0.2) is 18.3 Å².